The second-order valence-corrected chi connectivity index (χ2v) is 6.42. The summed E-state index contributed by atoms with van der Waals surface area (Å²) in [6, 6.07) is 18.1. The highest BCUT2D eigenvalue weighted by molar-refractivity contribution is 5.63. The van der Waals surface area contributed by atoms with Gasteiger partial charge in [-0.1, -0.05) is 55.5 Å². The Morgan fingerprint density at radius 1 is 0.913 bits per heavy atom. The van der Waals surface area contributed by atoms with Gasteiger partial charge in [-0.15, -0.1) is 0 Å². The standard InChI is InChI=1S/C21H27NO/c1-3-16-7-11-18(12-8-16)19-13-9-17(10-14-19)15-23-21-6-4-5-20(21)22-2/h7-14,20-22H,3-6,15H2,1-2H3/t20-,21?/m0/s1. The Hall–Kier alpha value is -1.64. The molecule has 0 heterocycles. The summed E-state index contributed by atoms with van der Waals surface area (Å²) in [6.07, 6.45) is 5.12. The van der Waals surface area contributed by atoms with Crippen molar-refractivity contribution in [2.75, 3.05) is 7.05 Å². The Kier molecular flexibility index (Phi) is 5.47. The van der Waals surface area contributed by atoms with Crippen LogP contribution in [0.4, 0.5) is 0 Å². The van der Waals surface area contributed by atoms with E-state index in [2.05, 4.69) is 60.8 Å². The fourth-order valence-electron chi connectivity index (χ4n) is 3.39. The number of ether oxygens (including phenoxy) is 1. The lowest BCUT2D eigenvalue weighted by Gasteiger charge is -2.19. The topological polar surface area (TPSA) is 21.3 Å². The number of hydrogen-bond donors (Lipinski definition) is 1. The van der Waals surface area contributed by atoms with E-state index in [0.717, 1.165) is 6.42 Å². The Labute approximate surface area is 139 Å². The van der Waals surface area contributed by atoms with E-state index in [9.17, 15) is 0 Å². The van der Waals surface area contributed by atoms with Gasteiger partial charge in [0.1, 0.15) is 0 Å². The van der Waals surface area contributed by atoms with Crippen LogP contribution in [0.25, 0.3) is 11.1 Å². The van der Waals surface area contributed by atoms with Crippen LogP contribution in [0.15, 0.2) is 48.5 Å². The summed E-state index contributed by atoms with van der Waals surface area (Å²) in [5.41, 5.74) is 5.18. The first-order valence-corrected chi connectivity index (χ1v) is 8.77. The molecule has 0 spiro atoms. The van der Waals surface area contributed by atoms with E-state index in [0.29, 0.717) is 18.8 Å². The molecule has 3 rings (SSSR count). The third-order valence-corrected chi connectivity index (χ3v) is 4.94. The van der Waals surface area contributed by atoms with Crippen LogP contribution < -0.4 is 5.32 Å². The van der Waals surface area contributed by atoms with Gasteiger partial charge in [-0.2, -0.15) is 0 Å². The third kappa shape index (κ3) is 4.01. The molecular formula is C21H27NO. The van der Waals surface area contributed by atoms with Crippen molar-refractivity contribution in [3.05, 3.63) is 59.7 Å². The number of rotatable bonds is 6. The van der Waals surface area contributed by atoms with Gasteiger partial charge in [0.25, 0.3) is 0 Å². The SMILES string of the molecule is CCc1ccc(-c2ccc(COC3CCC[C@@H]3NC)cc2)cc1. The lowest BCUT2D eigenvalue weighted by molar-refractivity contribution is 0.0295. The highest BCUT2D eigenvalue weighted by Crippen LogP contribution is 2.24. The van der Waals surface area contributed by atoms with Crippen LogP contribution in [0.1, 0.15) is 37.3 Å². The van der Waals surface area contributed by atoms with Crippen LogP contribution in [0.5, 0.6) is 0 Å². The van der Waals surface area contributed by atoms with Crippen molar-refractivity contribution in [3.63, 3.8) is 0 Å². The van der Waals surface area contributed by atoms with Crippen molar-refractivity contribution in [2.45, 2.75) is 51.4 Å². The molecule has 0 aliphatic heterocycles. The Morgan fingerprint density at radius 3 is 2.09 bits per heavy atom. The largest absolute Gasteiger partial charge is 0.372 e. The molecule has 0 bridgehead atoms. The fraction of sp³-hybridized carbons (Fsp3) is 0.429. The molecule has 2 heteroatoms. The molecule has 1 fully saturated rings. The average Bonchev–Trinajstić information content (AvgIpc) is 3.08. The predicted molar refractivity (Wildman–Crippen MR) is 96.5 cm³/mol. The van der Waals surface area contributed by atoms with Gasteiger partial charge in [-0.25, -0.2) is 0 Å². The highest BCUT2D eigenvalue weighted by atomic mass is 16.5. The number of hydrogen-bond acceptors (Lipinski definition) is 2. The van der Waals surface area contributed by atoms with Crippen LogP contribution in [0.2, 0.25) is 0 Å². The van der Waals surface area contributed by atoms with E-state index in [-0.39, 0.29) is 0 Å². The van der Waals surface area contributed by atoms with Gasteiger partial charge in [0.2, 0.25) is 0 Å². The zero-order valence-corrected chi connectivity index (χ0v) is 14.2. The van der Waals surface area contributed by atoms with Crippen molar-refractivity contribution < 1.29 is 4.74 Å². The number of benzene rings is 2. The van der Waals surface area contributed by atoms with Crippen molar-refractivity contribution in [2.24, 2.45) is 0 Å². The van der Waals surface area contributed by atoms with Gasteiger partial charge in [0.15, 0.2) is 0 Å². The molecule has 1 aliphatic rings. The summed E-state index contributed by atoms with van der Waals surface area (Å²) in [5.74, 6) is 0. The highest BCUT2D eigenvalue weighted by Gasteiger charge is 2.26. The lowest BCUT2D eigenvalue weighted by atomic mass is 10.0. The molecule has 1 unspecified atom stereocenters. The average molecular weight is 309 g/mol. The molecule has 23 heavy (non-hydrogen) atoms. The summed E-state index contributed by atoms with van der Waals surface area (Å²) < 4.78 is 6.11. The summed E-state index contributed by atoms with van der Waals surface area (Å²) >= 11 is 0. The minimum absolute atomic E-state index is 0.362. The summed E-state index contributed by atoms with van der Waals surface area (Å²) in [7, 11) is 2.03. The molecule has 2 atom stereocenters. The van der Waals surface area contributed by atoms with E-state index in [1.54, 1.807) is 0 Å². The maximum absolute atomic E-state index is 6.11. The predicted octanol–water partition coefficient (Wildman–Crippen LogP) is 4.57. The van der Waals surface area contributed by atoms with Crippen molar-refractivity contribution >= 4 is 0 Å². The Balaban J connectivity index is 1.60. The minimum Gasteiger partial charge on any atom is -0.372 e. The number of aryl methyl sites for hydroxylation is 1. The molecule has 1 saturated carbocycles. The molecule has 1 N–H and O–H groups in total. The first kappa shape index (κ1) is 16.2. The van der Waals surface area contributed by atoms with Crippen LogP contribution in [0.3, 0.4) is 0 Å². The van der Waals surface area contributed by atoms with Crippen LogP contribution >= 0.6 is 0 Å². The molecule has 2 nitrogen and oxygen atoms in total. The summed E-state index contributed by atoms with van der Waals surface area (Å²) in [6.45, 7) is 2.89. The molecular weight excluding hydrogens is 282 g/mol. The monoisotopic (exact) mass is 309 g/mol. The molecule has 2 aromatic carbocycles. The second kappa shape index (κ2) is 7.76. The molecule has 122 valence electrons. The van der Waals surface area contributed by atoms with Crippen LogP contribution in [0, 0.1) is 0 Å². The normalized spacial score (nSPS) is 20.8. The van der Waals surface area contributed by atoms with Gasteiger partial charge < -0.3 is 10.1 Å². The van der Waals surface area contributed by atoms with Gasteiger partial charge >= 0.3 is 0 Å². The number of nitrogens with one attached hydrogen (secondary N) is 1. The van der Waals surface area contributed by atoms with Crippen molar-refractivity contribution in [3.8, 4) is 11.1 Å². The van der Waals surface area contributed by atoms with Gasteiger partial charge in [0.05, 0.1) is 12.7 Å². The molecule has 0 saturated heterocycles. The summed E-state index contributed by atoms with van der Waals surface area (Å²) in [5, 5.41) is 3.37. The van der Waals surface area contributed by atoms with E-state index in [4.69, 9.17) is 4.74 Å². The van der Waals surface area contributed by atoms with E-state index in [1.165, 1.54) is 41.5 Å². The van der Waals surface area contributed by atoms with Crippen molar-refractivity contribution in [1.29, 1.82) is 0 Å². The molecule has 0 aromatic heterocycles. The fourth-order valence-corrected chi connectivity index (χ4v) is 3.39. The maximum Gasteiger partial charge on any atom is 0.0732 e. The zero-order chi connectivity index (χ0) is 16.1. The Bertz CT molecular complexity index is 603. The number of likely N-dealkylation sites (N-methyl/N-ethyl adjacent to an activating group) is 1. The lowest BCUT2D eigenvalue weighted by Crippen LogP contribution is -2.34. The molecule has 0 amide bonds. The van der Waals surface area contributed by atoms with E-state index < -0.39 is 0 Å². The molecule has 2 aromatic rings. The molecule has 0 radical (unpaired) electrons. The first-order chi connectivity index (χ1) is 11.3. The van der Waals surface area contributed by atoms with E-state index >= 15 is 0 Å². The minimum atomic E-state index is 0.362. The smallest absolute Gasteiger partial charge is 0.0732 e. The molecule has 1 aliphatic carbocycles. The van der Waals surface area contributed by atoms with E-state index in [1.807, 2.05) is 7.05 Å². The van der Waals surface area contributed by atoms with Gasteiger partial charge in [-0.05, 0) is 55.0 Å². The van der Waals surface area contributed by atoms with Gasteiger partial charge in [0, 0.05) is 6.04 Å². The van der Waals surface area contributed by atoms with Crippen LogP contribution in [-0.2, 0) is 17.8 Å². The second-order valence-electron chi connectivity index (χ2n) is 6.42. The third-order valence-electron chi connectivity index (χ3n) is 4.94. The first-order valence-electron chi connectivity index (χ1n) is 8.77. The van der Waals surface area contributed by atoms with Crippen molar-refractivity contribution in [1.82, 2.24) is 5.32 Å². The summed E-state index contributed by atoms with van der Waals surface area (Å²) in [4.78, 5) is 0. The Morgan fingerprint density at radius 2 is 1.52 bits per heavy atom. The quantitative estimate of drug-likeness (QED) is 0.844. The van der Waals surface area contributed by atoms with Crippen LogP contribution in [-0.4, -0.2) is 19.2 Å². The zero-order valence-electron chi connectivity index (χ0n) is 14.2. The maximum atomic E-state index is 6.11. The van der Waals surface area contributed by atoms with Gasteiger partial charge in [-0.3, -0.25) is 0 Å².